The summed E-state index contributed by atoms with van der Waals surface area (Å²) in [6.45, 7) is 7.93. The minimum atomic E-state index is -0.0216. The van der Waals surface area contributed by atoms with Gasteiger partial charge in [0.25, 0.3) is 5.91 Å². The third kappa shape index (κ3) is 4.16. The molecule has 1 spiro atoms. The Morgan fingerprint density at radius 2 is 1.79 bits per heavy atom. The molecule has 3 aliphatic rings. The second-order valence-corrected chi connectivity index (χ2v) is 10.8. The van der Waals surface area contributed by atoms with Gasteiger partial charge in [-0.15, -0.1) is 11.3 Å². The fraction of sp³-hybridized carbons (Fsp3) is 0.520. The molecule has 3 fully saturated rings. The van der Waals surface area contributed by atoms with Gasteiger partial charge in [-0.2, -0.15) is 5.10 Å². The number of amides is 1. The van der Waals surface area contributed by atoms with E-state index in [0.717, 1.165) is 65.7 Å². The summed E-state index contributed by atoms with van der Waals surface area (Å²) in [6.07, 6.45) is 4.90. The van der Waals surface area contributed by atoms with Crippen molar-refractivity contribution in [3.05, 3.63) is 47.0 Å². The van der Waals surface area contributed by atoms with E-state index < -0.39 is 0 Å². The van der Waals surface area contributed by atoms with Crippen LogP contribution in [0.2, 0.25) is 0 Å². The molecule has 1 saturated carbocycles. The summed E-state index contributed by atoms with van der Waals surface area (Å²) in [5, 5.41) is 15.2. The minimum absolute atomic E-state index is 0.0216. The number of nitrogens with one attached hydrogen (secondary N) is 3. The first kappa shape index (κ1) is 22.2. The summed E-state index contributed by atoms with van der Waals surface area (Å²) < 4.78 is 1.94. The van der Waals surface area contributed by atoms with Crippen molar-refractivity contribution in [2.75, 3.05) is 39.3 Å². The molecule has 0 radical (unpaired) electrons. The van der Waals surface area contributed by atoms with E-state index in [9.17, 15) is 4.79 Å². The largest absolute Gasteiger partial charge is 0.298 e. The van der Waals surface area contributed by atoms with Gasteiger partial charge in [-0.3, -0.25) is 25.8 Å². The van der Waals surface area contributed by atoms with Crippen molar-refractivity contribution in [1.29, 1.82) is 0 Å². The molecular formula is C25H33N7OS. The smallest absolute Gasteiger partial charge is 0.275 e. The number of fused-ring (bicyclic) bond motifs is 1. The van der Waals surface area contributed by atoms with Gasteiger partial charge in [0, 0.05) is 50.7 Å². The van der Waals surface area contributed by atoms with E-state index in [-0.39, 0.29) is 11.6 Å². The van der Waals surface area contributed by atoms with Crippen LogP contribution in [0, 0.1) is 6.92 Å². The monoisotopic (exact) mass is 479 g/mol. The lowest BCUT2D eigenvalue weighted by atomic mass is 9.85. The van der Waals surface area contributed by atoms with E-state index in [1.807, 2.05) is 48.0 Å². The standard InChI is InChI=1S/C25H33N7OS/c1-18-21-17-22(34-24(21)32(28-18)20-5-3-2-4-6-20)23(33)29-31-15-13-30(14-16-31)19-7-9-25(10-8-19)26-11-12-27-25/h2-6,17,19,26-27H,7-16H2,1H3,(H,29,33). The lowest BCUT2D eigenvalue weighted by Crippen LogP contribution is -2.58. The molecule has 2 aromatic heterocycles. The van der Waals surface area contributed by atoms with Crippen molar-refractivity contribution in [3.8, 4) is 5.69 Å². The number of rotatable bonds is 4. The topological polar surface area (TPSA) is 77.5 Å². The second-order valence-electron chi connectivity index (χ2n) is 9.79. The van der Waals surface area contributed by atoms with Gasteiger partial charge in [-0.25, -0.2) is 9.69 Å². The molecule has 1 aromatic carbocycles. The molecule has 1 amide bonds. The normalized spacial score (nSPS) is 22.0. The maximum atomic E-state index is 13.1. The molecule has 180 valence electrons. The first-order chi connectivity index (χ1) is 16.6. The van der Waals surface area contributed by atoms with E-state index in [1.54, 1.807) is 0 Å². The van der Waals surface area contributed by atoms with Gasteiger partial charge in [0.05, 0.1) is 21.9 Å². The van der Waals surface area contributed by atoms with Crippen LogP contribution in [0.3, 0.4) is 0 Å². The van der Waals surface area contributed by atoms with Crippen LogP contribution in [0.25, 0.3) is 15.9 Å². The number of carbonyl (C=O) groups is 1. The predicted molar refractivity (Wildman–Crippen MR) is 135 cm³/mol. The number of benzene rings is 1. The van der Waals surface area contributed by atoms with E-state index in [1.165, 1.54) is 37.0 Å². The summed E-state index contributed by atoms with van der Waals surface area (Å²) in [7, 11) is 0. The van der Waals surface area contributed by atoms with Crippen LogP contribution in [0.15, 0.2) is 36.4 Å². The molecule has 8 nitrogen and oxygen atoms in total. The highest BCUT2D eigenvalue weighted by Crippen LogP contribution is 2.32. The van der Waals surface area contributed by atoms with Crippen molar-refractivity contribution < 1.29 is 4.79 Å². The number of hydrazine groups is 1. The first-order valence-electron chi connectivity index (χ1n) is 12.4. The Morgan fingerprint density at radius 3 is 2.50 bits per heavy atom. The van der Waals surface area contributed by atoms with Crippen LogP contribution in [0.1, 0.15) is 41.0 Å². The van der Waals surface area contributed by atoms with Crippen LogP contribution in [0.4, 0.5) is 0 Å². The SMILES string of the molecule is Cc1nn(-c2ccccc2)c2sc(C(=O)NN3CCN(C4CCC5(CC4)NCCN5)CC3)cc12. The Bertz CT molecular complexity index is 1150. The Kier molecular flexibility index (Phi) is 5.90. The van der Waals surface area contributed by atoms with Crippen molar-refractivity contribution in [3.63, 3.8) is 0 Å². The van der Waals surface area contributed by atoms with Crippen LogP contribution in [-0.4, -0.2) is 76.6 Å². The quantitative estimate of drug-likeness (QED) is 0.534. The van der Waals surface area contributed by atoms with Crippen LogP contribution in [-0.2, 0) is 0 Å². The Morgan fingerprint density at radius 1 is 1.09 bits per heavy atom. The summed E-state index contributed by atoms with van der Waals surface area (Å²) in [5.74, 6) is -0.0216. The number of para-hydroxylation sites is 1. The van der Waals surface area contributed by atoms with Gasteiger partial charge >= 0.3 is 0 Å². The fourth-order valence-corrected chi connectivity index (χ4v) is 6.85. The molecular weight excluding hydrogens is 446 g/mol. The third-order valence-corrected chi connectivity index (χ3v) is 8.83. The molecule has 9 heteroatoms. The molecule has 2 saturated heterocycles. The Balaban J connectivity index is 1.06. The number of hydrogen-bond donors (Lipinski definition) is 3. The van der Waals surface area contributed by atoms with Gasteiger partial charge < -0.3 is 0 Å². The zero-order valence-electron chi connectivity index (χ0n) is 19.7. The number of aryl methyl sites for hydroxylation is 1. The molecule has 0 atom stereocenters. The van der Waals surface area contributed by atoms with E-state index >= 15 is 0 Å². The average Bonchev–Trinajstić information content (AvgIpc) is 3.58. The van der Waals surface area contributed by atoms with E-state index in [0.29, 0.717) is 6.04 Å². The van der Waals surface area contributed by atoms with Gasteiger partial charge in [-0.1, -0.05) is 18.2 Å². The number of carbonyl (C=O) groups excluding carboxylic acids is 1. The number of piperazine rings is 1. The summed E-state index contributed by atoms with van der Waals surface area (Å²) in [6, 6.07) is 12.7. The van der Waals surface area contributed by atoms with Crippen molar-refractivity contribution in [2.45, 2.75) is 44.3 Å². The molecule has 0 bridgehead atoms. The molecule has 1 aliphatic carbocycles. The average molecular weight is 480 g/mol. The summed E-state index contributed by atoms with van der Waals surface area (Å²) >= 11 is 1.51. The van der Waals surface area contributed by atoms with Crippen molar-refractivity contribution in [2.24, 2.45) is 0 Å². The second kappa shape index (κ2) is 9.05. The molecule has 3 aromatic rings. The molecule has 0 unspecified atom stereocenters. The van der Waals surface area contributed by atoms with Crippen molar-refractivity contribution in [1.82, 2.24) is 35.7 Å². The highest BCUT2D eigenvalue weighted by atomic mass is 32.1. The van der Waals surface area contributed by atoms with Gasteiger partial charge in [0.2, 0.25) is 0 Å². The predicted octanol–water partition coefficient (Wildman–Crippen LogP) is 2.49. The highest BCUT2D eigenvalue weighted by molar-refractivity contribution is 7.20. The minimum Gasteiger partial charge on any atom is -0.298 e. The molecule has 4 heterocycles. The Labute approximate surface area is 204 Å². The molecule has 3 N–H and O–H groups in total. The fourth-order valence-electron chi connectivity index (χ4n) is 5.78. The lowest BCUT2D eigenvalue weighted by Gasteiger charge is -2.44. The van der Waals surface area contributed by atoms with Gasteiger partial charge in [0.15, 0.2) is 0 Å². The maximum absolute atomic E-state index is 13.1. The van der Waals surface area contributed by atoms with Crippen LogP contribution < -0.4 is 16.1 Å². The van der Waals surface area contributed by atoms with Crippen LogP contribution >= 0.6 is 11.3 Å². The van der Waals surface area contributed by atoms with E-state index in [2.05, 4.69) is 31.1 Å². The lowest BCUT2D eigenvalue weighted by molar-refractivity contribution is 0.0351. The number of aromatic nitrogens is 2. The third-order valence-electron chi connectivity index (χ3n) is 7.72. The maximum Gasteiger partial charge on any atom is 0.275 e. The molecule has 6 rings (SSSR count). The van der Waals surface area contributed by atoms with Gasteiger partial charge in [-0.05, 0) is 50.8 Å². The first-order valence-corrected chi connectivity index (χ1v) is 13.3. The van der Waals surface area contributed by atoms with Gasteiger partial charge in [0.1, 0.15) is 4.83 Å². The Hall–Kier alpha value is -2.30. The molecule has 2 aliphatic heterocycles. The zero-order valence-corrected chi connectivity index (χ0v) is 20.5. The van der Waals surface area contributed by atoms with E-state index in [4.69, 9.17) is 0 Å². The highest BCUT2D eigenvalue weighted by Gasteiger charge is 2.39. The zero-order chi connectivity index (χ0) is 23.1. The summed E-state index contributed by atoms with van der Waals surface area (Å²) in [4.78, 5) is 17.4. The van der Waals surface area contributed by atoms with Crippen LogP contribution in [0.5, 0.6) is 0 Å². The molecule has 34 heavy (non-hydrogen) atoms. The number of nitrogens with zero attached hydrogens (tertiary/aromatic N) is 4. The van der Waals surface area contributed by atoms with Crippen molar-refractivity contribution >= 4 is 27.5 Å². The number of thiophene rings is 1. The number of hydrogen-bond acceptors (Lipinski definition) is 7. The summed E-state index contributed by atoms with van der Waals surface area (Å²) in [5.41, 5.74) is 5.31.